The van der Waals surface area contributed by atoms with Crippen molar-refractivity contribution < 1.29 is 19.3 Å². The number of nitrogens with one attached hydrogen (secondary N) is 2. The predicted molar refractivity (Wildman–Crippen MR) is 135 cm³/mol. The first-order valence-electron chi connectivity index (χ1n) is 10.8. The van der Waals surface area contributed by atoms with Gasteiger partial charge in [-0.25, -0.2) is 0 Å². The highest BCUT2D eigenvalue weighted by molar-refractivity contribution is 7.18. The summed E-state index contributed by atoms with van der Waals surface area (Å²) in [5.74, 6) is -0.908. The van der Waals surface area contributed by atoms with Gasteiger partial charge in [0.1, 0.15) is 5.01 Å². The third-order valence-corrected chi connectivity index (χ3v) is 5.94. The summed E-state index contributed by atoms with van der Waals surface area (Å²) in [6, 6.07) is 21.0. The lowest BCUT2D eigenvalue weighted by atomic mass is 10.1. The lowest BCUT2D eigenvalue weighted by molar-refractivity contribution is -0.384. The maximum Gasteiger partial charge on any atom is 0.269 e. The fourth-order valence-corrected chi connectivity index (χ4v) is 3.99. The van der Waals surface area contributed by atoms with Crippen molar-refractivity contribution in [2.75, 3.05) is 10.6 Å². The van der Waals surface area contributed by atoms with Gasteiger partial charge in [0, 0.05) is 47.4 Å². The molecule has 11 heteroatoms. The summed E-state index contributed by atoms with van der Waals surface area (Å²) in [6.07, 6.45) is 0.0878. The Morgan fingerprint density at radius 3 is 2.28 bits per heavy atom. The number of benzene rings is 3. The third-order valence-electron chi connectivity index (χ3n) is 5.05. The largest absolute Gasteiger partial charge is 0.326 e. The van der Waals surface area contributed by atoms with Gasteiger partial charge in [0.15, 0.2) is 5.78 Å². The van der Waals surface area contributed by atoms with E-state index in [9.17, 15) is 24.5 Å². The second kappa shape index (κ2) is 11.1. The van der Waals surface area contributed by atoms with Crippen LogP contribution < -0.4 is 10.6 Å². The van der Waals surface area contributed by atoms with E-state index in [2.05, 4.69) is 20.8 Å². The first-order chi connectivity index (χ1) is 17.4. The number of rotatable bonds is 9. The number of nitro benzene ring substituents is 1. The van der Waals surface area contributed by atoms with Gasteiger partial charge in [0.05, 0.1) is 4.92 Å². The van der Waals surface area contributed by atoms with Gasteiger partial charge in [0.2, 0.25) is 11.0 Å². The second-order valence-corrected chi connectivity index (χ2v) is 8.57. The Bertz CT molecular complexity index is 1420. The number of carbonyl (C=O) groups is 3. The van der Waals surface area contributed by atoms with Crippen LogP contribution in [-0.2, 0) is 4.79 Å². The molecular weight excluding hydrogens is 482 g/mol. The molecule has 0 aliphatic heterocycles. The van der Waals surface area contributed by atoms with Gasteiger partial charge in [0.25, 0.3) is 11.6 Å². The van der Waals surface area contributed by atoms with E-state index in [0.29, 0.717) is 27.4 Å². The zero-order chi connectivity index (χ0) is 25.5. The zero-order valence-electron chi connectivity index (χ0n) is 18.7. The summed E-state index contributed by atoms with van der Waals surface area (Å²) in [4.78, 5) is 47.5. The fourth-order valence-electron chi connectivity index (χ4n) is 3.24. The number of aromatic nitrogens is 2. The van der Waals surface area contributed by atoms with Crippen molar-refractivity contribution in [3.05, 3.63) is 100 Å². The minimum atomic E-state index is -0.490. The summed E-state index contributed by atoms with van der Waals surface area (Å²) in [5, 5.41) is 24.9. The molecule has 0 radical (unpaired) electrons. The first-order valence-corrected chi connectivity index (χ1v) is 11.6. The van der Waals surface area contributed by atoms with Gasteiger partial charge in [-0.2, -0.15) is 0 Å². The number of anilines is 2. The molecule has 0 atom stereocenters. The molecule has 2 amide bonds. The van der Waals surface area contributed by atoms with Crippen molar-refractivity contribution in [1.29, 1.82) is 0 Å². The Hall–Kier alpha value is -4.77. The quantitative estimate of drug-likeness (QED) is 0.187. The van der Waals surface area contributed by atoms with Crippen molar-refractivity contribution in [2.24, 2.45) is 0 Å². The van der Waals surface area contributed by atoms with Crippen LogP contribution in [0.15, 0.2) is 78.9 Å². The van der Waals surface area contributed by atoms with Gasteiger partial charge >= 0.3 is 0 Å². The van der Waals surface area contributed by atoms with Gasteiger partial charge in [-0.3, -0.25) is 29.8 Å². The number of ketones is 1. The van der Waals surface area contributed by atoms with Gasteiger partial charge < -0.3 is 5.32 Å². The lowest BCUT2D eigenvalue weighted by Crippen LogP contribution is -2.15. The van der Waals surface area contributed by atoms with E-state index >= 15 is 0 Å². The fraction of sp³-hybridized carbons (Fsp3) is 0.0800. The molecule has 3 aromatic carbocycles. The minimum absolute atomic E-state index is 0.0142. The molecule has 1 heterocycles. The standard InChI is InChI=1S/C25H19N5O5S/c31-21(16-5-2-1-3-6-16)13-14-22(32)26-19-8-4-7-18(15-19)23(33)27-25-29-28-24(36-25)17-9-11-20(12-10-17)30(34)35/h1-12,15H,13-14H2,(H,26,32)(H,27,29,33). The molecule has 180 valence electrons. The predicted octanol–water partition coefficient (Wildman–Crippen LogP) is 4.97. The molecule has 1 aromatic heterocycles. The molecular formula is C25H19N5O5S. The number of hydrogen-bond donors (Lipinski definition) is 2. The molecule has 10 nitrogen and oxygen atoms in total. The van der Waals surface area contributed by atoms with Gasteiger partial charge in [-0.05, 0) is 30.3 Å². The van der Waals surface area contributed by atoms with Crippen LogP contribution >= 0.6 is 11.3 Å². The molecule has 2 N–H and O–H groups in total. The highest BCUT2D eigenvalue weighted by Crippen LogP contribution is 2.28. The molecule has 0 spiro atoms. The van der Waals surface area contributed by atoms with Crippen molar-refractivity contribution >= 4 is 45.4 Å². The van der Waals surface area contributed by atoms with Crippen LogP contribution in [0.2, 0.25) is 0 Å². The van der Waals surface area contributed by atoms with Crippen LogP contribution in [0.1, 0.15) is 33.6 Å². The monoisotopic (exact) mass is 501 g/mol. The summed E-state index contributed by atoms with van der Waals surface area (Å²) in [7, 11) is 0. The maximum absolute atomic E-state index is 12.7. The Morgan fingerprint density at radius 1 is 0.833 bits per heavy atom. The Balaban J connectivity index is 1.34. The van der Waals surface area contributed by atoms with Crippen molar-refractivity contribution in [3.63, 3.8) is 0 Å². The first kappa shape index (κ1) is 24.4. The van der Waals surface area contributed by atoms with Crippen molar-refractivity contribution in [3.8, 4) is 10.6 Å². The number of hydrogen-bond acceptors (Lipinski definition) is 8. The Labute approximate surface area is 209 Å². The summed E-state index contributed by atoms with van der Waals surface area (Å²) in [6.45, 7) is 0. The second-order valence-electron chi connectivity index (χ2n) is 7.59. The highest BCUT2D eigenvalue weighted by Gasteiger charge is 2.14. The van der Waals surface area contributed by atoms with Crippen LogP contribution in [0, 0.1) is 10.1 Å². The molecule has 36 heavy (non-hydrogen) atoms. The van der Waals surface area contributed by atoms with Crippen LogP contribution in [0.4, 0.5) is 16.5 Å². The molecule has 0 saturated carbocycles. The molecule has 4 rings (SSSR count). The molecule has 0 saturated heterocycles. The number of nitrogens with zero attached hydrogens (tertiary/aromatic N) is 3. The van der Waals surface area contributed by atoms with Crippen LogP contribution in [0.3, 0.4) is 0 Å². The number of nitro groups is 1. The smallest absolute Gasteiger partial charge is 0.269 e. The topological polar surface area (TPSA) is 144 Å². The molecule has 0 bridgehead atoms. The van der Waals surface area contributed by atoms with Crippen LogP contribution in [0.25, 0.3) is 10.6 Å². The maximum atomic E-state index is 12.7. The van der Waals surface area contributed by atoms with Crippen LogP contribution in [0.5, 0.6) is 0 Å². The minimum Gasteiger partial charge on any atom is -0.326 e. The number of amides is 2. The lowest BCUT2D eigenvalue weighted by Gasteiger charge is -2.07. The molecule has 0 fully saturated rings. The van der Waals surface area contributed by atoms with Crippen LogP contribution in [-0.4, -0.2) is 32.7 Å². The third kappa shape index (κ3) is 6.21. The SMILES string of the molecule is O=C(CCC(=O)c1ccccc1)Nc1cccc(C(=O)Nc2nnc(-c3ccc([N+](=O)[O-])cc3)s2)c1. The summed E-state index contributed by atoms with van der Waals surface area (Å²) >= 11 is 1.12. The molecule has 0 aliphatic carbocycles. The van der Waals surface area contributed by atoms with E-state index in [0.717, 1.165) is 11.3 Å². The van der Waals surface area contributed by atoms with Crippen molar-refractivity contribution in [2.45, 2.75) is 12.8 Å². The van der Waals surface area contributed by atoms with E-state index in [4.69, 9.17) is 0 Å². The van der Waals surface area contributed by atoms with E-state index in [1.54, 1.807) is 54.6 Å². The Kier molecular flexibility index (Phi) is 7.51. The van der Waals surface area contributed by atoms with E-state index in [1.807, 2.05) is 6.07 Å². The van der Waals surface area contributed by atoms with E-state index in [-0.39, 0.29) is 35.4 Å². The van der Waals surface area contributed by atoms with Crippen molar-refractivity contribution in [1.82, 2.24) is 10.2 Å². The summed E-state index contributed by atoms with van der Waals surface area (Å²) < 4.78 is 0. The Morgan fingerprint density at radius 2 is 1.56 bits per heavy atom. The molecule has 4 aromatic rings. The highest BCUT2D eigenvalue weighted by atomic mass is 32.1. The zero-order valence-corrected chi connectivity index (χ0v) is 19.5. The normalized spacial score (nSPS) is 10.4. The van der Waals surface area contributed by atoms with Gasteiger partial charge in [-0.1, -0.05) is 47.7 Å². The number of non-ortho nitro benzene ring substituents is 1. The van der Waals surface area contributed by atoms with E-state index < -0.39 is 10.8 Å². The number of Topliss-reactive ketones (excluding diaryl/α,β-unsaturated/α-hetero) is 1. The molecule has 0 aliphatic rings. The average Bonchev–Trinajstić information content (AvgIpc) is 3.36. The summed E-state index contributed by atoms with van der Waals surface area (Å²) in [5.41, 5.74) is 1.86. The number of carbonyl (C=O) groups excluding carboxylic acids is 3. The van der Waals surface area contributed by atoms with E-state index in [1.165, 1.54) is 18.2 Å². The van der Waals surface area contributed by atoms with Gasteiger partial charge in [-0.15, -0.1) is 10.2 Å². The molecule has 0 unspecified atom stereocenters. The average molecular weight is 502 g/mol.